The molecule has 1 amide bonds. The molecule has 0 unspecified atom stereocenters. The van der Waals surface area contributed by atoms with E-state index in [1.807, 2.05) is 26.0 Å². The Kier molecular flexibility index (Phi) is 5.47. The monoisotopic (exact) mass is 327 g/mol. The van der Waals surface area contributed by atoms with Gasteiger partial charge < -0.3 is 19.9 Å². The van der Waals surface area contributed by atoms with Gasteiger partial charge in [-0.2, -0.15) is 0 Å². The van der Waals surface area contributed by atoms with E-state index in [0.717, 1.165) is 16.7 Å². The molecular formula is C19H21NO4. The van der Waals surface area contributed by atoms with Crippen molar-refractivity contribution < 1.29 is 19.4 Å². The Hall–Kier alpha value is -2.95. The molecule has 126 valence electrons. The number of carbonyl (C=O) groups excluding carboxylic acids is 1. The van der Waals surface area contributed by atoms with Crippen molar-refractivity contribution in [2.45, 2.75) is 13.8 Å². The lowest BCUT2D eigenvalue weighted by atomic mass is 10.1. The second-order valence-electron chi connectivity index (χ2n) is 5.38. The minimum Gasteiger partial charge on any atom is -0.508 e. The first-order chi connectivity index (χ1) is 11.4. The standard InChI is InChI=1S/C19H21NO4/c1-12(16-7-6-15(23-3)11-18(16)24-4)10-19(22)20-17-8-5-14(21)9-13(17)2/h5-11,21H,1-4H3,(H,20,22)/b12-10+. The molecule has 0 atom stereocenters. The van der Waals surface area contributed by atoms with Gasteiger partial charge in [-0.3, -0.25) is 4.79 Å². The van der Waals surface area contributed by atoms with Crippen molar-refractivity contribution in [1.82, 2.24) is 0 Å². The average Bonchev–Trinajstić information content (AvgIpc) is 2.56. The Morgan fingerprint density at radius 3 is 2.50 bits per heavy atom. The predicted molar refractivity (Wildman–Crippen MR) is 94.7 cm³/mol. The minimum atomic E-state index is -0.251. The lowest BCUT2D eigenvalue weighted by Gasteiger charge is -2.11. The number of nitrogens with one attached hydrogen (secondary N) is 1. The number of aromatic hydroxyl groups is 1. The third-order valence-electron chi connectivity index (χ3n) is 3.65. The second kappa shape index (κ2) is 7.55. The number of amides is 1. The summed E-state index contributed by atoms with van der Waals surface area (Å²) in [6.07, 6.45) is 1.51. The predicted octanol–water partition coefficient (Wildman–Crippen LogP) is 3.76. The van der Waals surface area contributed by atoms with Crippen LogP contribution in [0.15, 0.2) is 42.5 Å². The van der Waals surface area contributed by atoms with E-state index in [0.29, 0.717) is 17.2 Å². The Morgan fingerprint density at radius 2 is 1.88 bits per heavy atom. The van der Waals surface area contributed by atoms with Gasteiger partial charge in [-0.15, -0.1) is 0 Å². The summed E-state index contributed by atoms with van der Waals surface area (Å²) in [6, 6.07) is 10.2. The van der Waals surface area contributed by atoms with E-state index < -0.39 is 0 Å². The van der Waals surface area contributed by atoms with Crippen molar-refractivity contribution in [3.05, 3.63) is 53.6 Å². The van der Waals surface area contributed by atoms with Crippen molar-refractivity contribution in [1.29, 1.82) is 0 Å². The molecule has 0 spiro atoms. The smallest absolute Gasteiger partial charge is 0.248 e. The van der Waals surface area contributed by atoms with Crippen LogP contribution in [0, 0.1) is 6.92 Å². The van der Waals surface area contributed by atoms with Gasteiger partial charge in [-0.05, 0) is 55.3 Å². The highest BCUT2D eigenvalue weighted by atomic mass is 16.5. The molecule has 0 aliphatic heterocycles. The number of aryl methyl sites for hydroxylation is 1. The molecule has 0 aliphatic carbocycles. The van der Waals surface area contributed by atoms with Gasteiger partial charge in [-0.25, -0.2) is 0 Å². The third-order valence-corrected chi connectivity index (χ3v) is 3.65. The lowest BCUT2D eigenvalue weighted by Crippen LogP contribution is -2.09. The summed E-state index contributed by atoms with van der Waals surface area (Å²) in [5, 5.41) is 12.2. The number of rotatable bonds is 5. The van der Waals surface area contributed by atoms with Gasteiger partial charge in [0, 0.05) is 23.4 Å². The van der Waals surface area contributed by atoms with Crippen LogP contribution in [0.5, 0.6) is 17.2 Å². The fraction of sp³-hybridized carbons (Fsp3) is 0.211. The van der Waals surface area contributed by atoms with Gasteiger partial charge in [0.1, 0.15) is 17.2 Å². The Morgan fingerprint density at radius 1 is 1.12 bits per heavy atom. The highest BCUT2D eigenvalue weighted by molar-refractivity contribution is 6.04. The van der Waals surface area contributed by atoms with Crippen LogP contribution in [0.3, 0.4) is 0 Å². The summed E-state index contributed by atoms with van der Waals surface area (Å²) in [7, 11) is 3.16. The average molecular weight is 327 g/mol. The van der Waals surface area contributed by atoms with Crippen LogP contribution in [0.25, 0.3) is 5.57 Å². The van der Waals surface area contributed by atoms with Crippen molar-refractivity contribution in [2.75, 3.05) is 19.5 Å². The maximum Gasteiger partial charge on any atom is 0.248 e. The lowest BCUT2D eigenvalue weighted by molar-refractivity contribution is -0.111. The minimum absolute atomic E-state index is 0.167. The zero-order valence-corrected chi connectivity index (χ0v) is 14.2. The molecule has 0 bridgehead atoms. The number of phenols is 1. The van der Waals surface area contributed by atoms with Crippen LogP contribution in [0.2, 0.25) is 0 Å². The summed E-state index contributed by atoms with van der Waals surface area (Å²) in [4.78, 5) is 12.2. The normalized spacial score (nSPS) is 11.1. The largest absolute Gasteiger partial charge is 0.508 e. The number of anilines is 1. The van der Waals surface area contributed by atoms with Gasteiger partial charge in [0.05, 0.1) is 14.2 Å². The molecule has 5 heteroatoms. The van der Waals surface area contributed by atoms with Crippen LogP contribution >= 0.6 is 0 Å². The highest BCUT2D eigenvalue weighted by Crippen LogP contribution is 2.30. The number of hydrogen-bond donors (Lipinski definition) is 2. The second-order valence-corrected chi connectivity index (χ2v) is 5.38. The summed E-state index contributed by atoms with van der Waals surface area (Å²) >= 11 is 0. The number of phenolic OH excluding ortho intramolecular Hbond substituents is 1. The number of benzene rings is 2. The molecule has 2 N–H and O–H groups in total. The van der Waals surface area contributed by atoms with E-state index in [2.05, 4.69) is 5.32 Å². The molecule has 0 saturated heterocycles. The van der Waals surface area contributed by atoms with Crippen LogP contribution in [0.1, 0.15) is 18.1 Å². The number of carbonyl (C=O) groups is 1. The van der Waals surface area contributed by atoms with E-state index in [1.54, 1.807) is 32.4 Å². The fourth-order valence-corrected chi connectivity index (χ4v) is 2.36. The Labute approximate surface area is 141 Å². The molecule has 24 heavy (non-hydrogen) atoms. The first-order valence-corrected chi connectivity index (χ1v) is 7.46. The number of ether oxygens (including phenoxy) is 2. The zero-order chi connectivity index (χ0) is 17.7. The molecule has 0 saturated carbocycles. The first-order valence-electron chi connectivity index (χ1n) is 7.46. The topological polar surface area (TPSA) is 67.8 Å². The molecular weight excluding hydrogens is 306 g/mol. The van der Waals surface area contributed by atoms with Crippen LogP contribution in [0.4, 0.5) is 5.69 Å². The SMILES string of the molecule is COc1ccc(/C(C)=C/C(=O)Nc2ccc(O)cc2C)c(OC)c1. The molecule has 0 aromatic heterocycles. The van der Waals surface area contributed by atoms with Gasteiger partial charge in [-0.1, -0.05) is 0 Å². The number of hydrogen-bond acceptors (Lipinski definition) is 4. The van der Waals surface area contributed by atoms with Gasteiger partial charge in [0.2, 0.25) is 5.91 Å². The summed E-state index contributed by atoms with van der Waals surface area (Å²) in [5.41, 5.74) is 3.03. The van der Waals surface area contributed by atoms with Crippen LogP contribution < -0.4 is 14.8 Å². The van der Waals surface area contributed by atoms with E-state index in [9.17, 15) is 9.90 Å². The van der Waals surface area contributed by atoms with Gasteiger partial charge in [0.25, 0.3) is 0 Å². The number of allylic oxidation sites excluding steroid dienone is 1. The molecule has 0 heterocycles. The molecule has 2 aromatic carbocycles. The Bertz CT molecular complexity index is 781. The molecule has 0 radical (unpaired) electrons. The van der Waals surface area contributed by atoms with Crippen LogP contribution in [-0.4, -0.2) is 25.2 Å². The Balaban J connectivity index is 2.22. The molecule has 0 aliphatic rings. The number of methoxy groups -OCH3 is 2. The summed E-state index contributed by atoms with van der Waals surface area (Å²) < 4.78 is 10.5. The van der Waals surface area contributed by atoms with E-state index >= 15 is 0 Å². The van der Waals surface area contributed by atoms with E-state index in [1.165, 1.54) is 12.1 Å². The quantitative estimate of drug-likeness (QED) is 0.648. The summed E-state index contributed by atoms with van der Waals surface area (Å²) in [6.45, 7) is 3.66. The summed E-state index contributed by atoms with van der Waals surface area (Å²) in [5.74, 6) is 1.24. The van der Waals surface area contributed by atoms with E-state index in [4.69, 9.17) is 9.47 Å². The zero-order valence-electron chi connectivity index (χ0n) is 14.2. The highest BCUT2D eigenvalue weighted by Gasteiger charge is 2.09. The van der Waals surface area contributed by atoms with Crippen molar-refractivity contribution in [3.63, 3.8) is 0 Å². The maximum atomic E-state index is 12.2. The van der Waals surface area contributed by atoms with Gasteiger partial charge >= 0.3 is 0 Å². The van der Waals surface area contributed by atoms with Crippen LogP contribution in [-0.2, 0) is 4.79 Å². The molecule has 0 fully saturated rings. The molecule has 2 rings (SSSR count). The fourth-order valence-electron chi connectivity index (χ4n) is 2.36. The third kappa shape index (κ3) is 4.07. The van der Waals surface area contributed by atoms with Crippen molar-refractivity contribution in [3.8, 4) is 17.2 Å². The van der Waals surface area contributed by atoms with E-state index in [-0.39, 0.29) is 11.7 Å². The maximum absolute atomic E-state index is 12.2. The molecule has 5 nitrogen and oxygen atoms in total. The van der Waals surface area contributed by atoms with Crippen molar-refractivity contribution >= 4 is 17.2 Å². The van der Waals surface area contributed by atoms with Gasteiger partial charge in [0.15, 0.2) is 0 Å². The molecule has 2 aromatic rings. The first kappa shape index (κ1) is 17.4. The van der Waals surface area contributed by atoms with Crippen molar-refractivity contribution in [2.24, 2.45) is 0 Å².